The van der Waals surface area contributed by atoms with E-state index in [1.165, 1.54) is 65.9 Å². The molecule has 0 unspecified atom stereocenters. The Bertz CT molecular complexity index is 1110. The maximum Gasteiger partial charge on any atom is 0.380 e. The van der Waals surface area contributed by atoms with Crippen molar-refractivity contribution in [2.24, 2.45) is 5.14 Å². The molecule has 0 fully saturated rings. The highest BCUT2D eigenvalue weighted by Gasteiger charge is 2.27. The van der Waals surface area contributed by atoms with Crippen LogP contribution in [0.25, 0.3) is 0 Å². The first-order valence-corrected chi connectivity index (χ1v) is 8.98. The van der Waals surface area contributed by atoms with E-state index in [1.54, 1.807) is 0 Å². The molecule has 3 rings (SSSR count). The third kappa shape index (κ3) is 4.11. The van der Waals surface area contributed by atoms with Crippen LogP contribution < -0.4 is 14.3 Å². The van der Waals surface area contributed by atoms with Crippen molar-refractivity contribution in [3.8, 4) is 5.75 Å². The highest BCUT2D eigenvalue weighted by Crippen LogP contribution is 2.29. The Morgan fingerprint density at radius 1 is 1.11 bits per heavy atom. The van der Waals surface area contributed by atoms with Gasteiger partial charge in [-0.15, -0.1) is 10.2 Å². The lowest BCUT2D eigenvalue weighted by molar-refractivity contribution is -0.384. The summed E-state index contributed by atoms with van der Waals surface area (Å²) in [6.07, 6.45) is 2.40. The van der Waals surface area contributed by atoms with Crippen LogP contribution in [0.4, 0.5) is 11.4 Å². The Labute approximate surface area is 158 Å². The van der Waals surface area contributed by atoms with E-state index in [9.17, 15) is 23.3 Å². The number of nitro benzene ring substituents is 1. The molecule has 0 atom stereocenters. The summed E-state index contributed by atoms with van der Waals surface area (Å²) in [6, 6.07) is 10.7. The van der Waals surface area contributed by atoms with Gasteiger partial charge in [-0.1, -0.05) is 12.1 Å². The third-order valence-corrected chi connectivity index (χ3v) is 3.87. The summed E-state index contributed by atoms with van der Waals surface area (Å²) in [4.78, 5) is 23.8. The fourth-order valence-electron chi connectivity index (χ4n) is 2.34. The molecule has 2 N–H and O–H groups in total. The zero-order valence-electron chi connectivity index (χ0n) is 13.9. The predicted octanol–water partition coefficient (Wildman–Crippen LogP) is 0.879. The molecule has 0 saturated heterocycles. The average Bonchev–Trinajstić information content (AvgIpc) is 3.15. The molecular weight excluding hydrogens is 392 g/mol. The van der Waals surface area contributed by atoms with Gasteiger partial charge in [-0.3, -0.25) is 14.9 Å². The van der Waals surface area contributed by atoms with Crippen LogP contribution in [0.1, 0.15) is 10.4 Å². The first-order chi connectivity index (χ1) is 13.3. The molecular formula is C15H12N6O6S. The number of anilines is 1. The highest BCUT2D eigenvalue weighted by molar-refractivity contribution is 7.84. The molecule has 0 aliphatic carbocycles. The molecule has 1 aromatic heterocycles. The molecule has 0 aliphatic rings. The van der Waals surface area contributed by atoms with Gasteiger partial charge in [-0.05, 0) is 30.3 Å². The van der Waals surface area contributed by atoms with Gasteiger partial charge in [0.2, 0.25) is 0 Å². The second-order valence-corrected chi connectivity index (χ2v) is 6.46. The minimum atomic E-state index is -4.21. The lowest BCUT2D eigenvalue weighted by Gasteiger charge is -2.22. The SMILES string of the molecule is NS(=O)(=O)Oc1ccc(C(=O)N(c2ccccc2[N+](=O)[O-])n2cnnc2)cc1. The van der Waals surface area contributed by atoms with E-state index < -0.39 is 21.1 Å². The molecule has 3 aromatic rings. The molecule has 13 heteroatoms. The van der Waals surface area contributed by atoms with Gasteiger partial charge < -0.3 is 4.18 Å². The number of benzene rings is 2. The summed E-state index contributed by atoms with van der Waals surface area (Å²) in [5.74, 6) is -0.753. The zero-order chi connectivity index (χ0) is 20.3. The van der Waals surface area contributed by atoms with Crippen molar-refractivity contribution in [3.63, 3.8) is 0 Å². The third-order valence-electron chi connectivity index (χ3n) is 3.45. The van der Waals surface area contributed by atoms with Gasteiger partial charge in [-0.25, -0.2) is 9.69 Å². The second-order valence-electron chi connectivity index (χ2n) is 5.31. The number of rotatable bonds is 6. The number of aromatic nitrogens is 3. The molecule has 144 valence electrons. The van der Waals surface area contributed by atoms with Gasteiger partial charge in [0, 0.05) is 11.6 Å². The van der Waals surface area contributed by atoms with Crippen LogP contribution in [0.5, 0.6) is 5.75 Å². The van der Waals surface area contributed by atoms with E-state index >= 15 is 0 Å². The number of hydrogen-bond donors (Lipinski definition) is 1. The quantitative estimate of drug-likeness (QED) is 0.467. The number of carbonyl (C=O) groups is 1. The minimum absolute atomic E-state index is 0.0119. The van der Waals surface area contributed by atoms with Crippen molar-refractivity contribution in [1.29, 1.82) is 0 Å². The maximum absolute atomic E-state index is 13.1. The summed E-state index contributed by atoms with van der Waals surface area (Å²) >= 11 is 0. The number of amides is 1. The van der Waals surface area contributed by atoms with Crippen molar-refractivity contribution in [2.45, 2.75) is 0 Å². The maximum atomic E-state index is 13.1. The Kier molecular flexibility index (Phi) is 5.02. The fraction of sp³-hybridized carbons (Fsp3) is 0. The van der Waals surface area contributed by atoms with E-state index in [-0.39, 0.29) is 22.7 Å². The topological polar surface area (TPSA) is 164 Å². The van der Waals surface area contributed by atoms with Gasteiger partial charge in [0.15, 0.2) is 0 Å². The largest absolute Gasteiger partial charge is 0.380 e. The normalized spacial score (nSPS) is 11.0. The van der Waals surface area contributed by atoms with Crippen LogP contribution in [-0.4, -0.2) is 34.1 Å². The Morgan fingerprint density at radius 3 is 2.29 bits per heavy atom. The monoisotopic (exact) mass is 404 g/mol. The molecule has 1 amide bonds. The lowest BCUT2D eigenvalue weighted by atomic mass is 10.2. The van der Waals surface area contributed by atoms with Crippen molar-refractivity contribution >= 4 is 27.6 Å². The average molecular weight is 404 g/mol. The van der Waals surface area contributed by atoms with Gasteiger partial charge in [-0.2, -0.15) is 13.6 Å². The van der Waals surface area contributed by atoms with E-state index in [1.807, 2.05) is 0 Å². The summed E-state index contributed by atoms with van der Waals surface area (Å²) in [5.41, 5.74) is -0.227. The summed E-state index contributed by atoms with van der Waals surface area (Å²) in [5, 5.41) is 24.4. The molecule has 0 spiro atoms. The van der Waals surface area contributed by atoms with Gasteiger partial charge in [0.25, 0.3) is 11.6 Å². The molecule has 28 heavy (non-hydrogen) atoms. The van der Waals surface area contributed by atoms with E-state index in [2.05, 4.69) is 14.4 Å². The van der Waals surface area contributed by atoms with E-state index in [0.717, 1.165) is 5.01 Å². The number of hydrogen-bond acceptors (Lipinski definition) is 8. The van der Waals surface area contributed by atoms with Crippen LogP contribution in [0.3, 0.4) is 0 Å². The van der Waals surface area contributed by atoms with Crippen molar-refractivity contribution < 1.29 is 22.3 Å². The predicted molar refractivity (Wildman–Crippen MR) is 95.5 cm³/mol. The van der Waals surface area contributed by atoms with Crippen molar-refractivity contribution in [2.75, 3.05) is 5.01 Å². The Morgan fingerprint density at radius 2 is 1.71 bits per heavy atom. The van der Waals surface area contributed by atoms with Crippen molar-refractivity contribution in [3.05, 3.63) is 76.9 Å². The zero-order valence-corrected chi connectivity index (χ0v) is 14.8. The van der Waals surface area contributed by atoms with Gasteiger partial charge >= 0.3 is 10.3 Å². The van der Waals surface area contributed by atoms with E-state index in [0.29, 0.717) is 0 Å². The number of nitro groups is 1. The van der Waals surface area contributed by atoms with Crippen LogP contribution in [0.2, 0.25) is 0 Å². The first-order valence-electron chi connectivity index (χ1n) is 7.51. The molecule has 2 aromatic carbocycles. The highest BCUT2D eigenvalue weighted by atomic mass is 32.2. The van der Waals surface area contributed by atoms with Crippen LogP contribution in [0, 0.1) is 10.1 Å². The fourth-order valence-corrected chi connectivity index (χ4v) is 2.72. The molecule has 12 nitrogen and oxygen atoms in total. The number of nitrogens with two attached hydrogens (primary N) is 1. The first kappa shape index (κ1) is 18.9. The van der Waals surface area contributed by atoms with Gasteiger partial charge in [0.1, 0.15) is 24.1 Å². The molecule has 0 bridgehead atoms. The van der Waals surface area contributed by atoms with Crippen LogP contribution in [-0.2, 0) is 10.3 Å². The Hall–Kier alpha value is -3.84. The molecule has 0 saturated carbocycles. The van der Waals surface area contributed by atoms with Crippen LogP contribution in [0.15, 0.2) is 61.2 Å². The Balaban J connectivity index is 2.03. The van der Waals surface area contributed by atoms with Gasteiger partial charge in [0.05, 0.1) is 4.92 Å². The smallest absolute Gasteiger partial charge is 0.371 e. The molecule has 1 heterocycles. The lowest BCUT2D eigenvalue weighted by Crippen LogP contribution is -2.35. The summed E-state index contributed by atoms with van der Waals surface area (Å²) in [6.45, 7) is 0. The number of para-hydroxylation sites is 2. The standard InChI is InChI=1S/C15H12N6O6S/c16-28(25,26)27-12-7-5-11(6-8-12)15(22)20(19-9-17-18-10-19)13-3-1-2-4-14(13)21(23)24/h1-10H,(H2,16,25,26). The number of carbonyl (C=O) groups excluding carboxylic acids is 1. The summed E-state index contributed by atoms with van der Waals surface area (Å²) < 4.78 is 27.6. The minimum Gasteiger partial charge on any atom is -0.371 e. The molecule has 0 radical (unpaired) electrons. The molecule has 0 aliphatic heterocycles. The van der Waals surface area contributed by atoms with E-state index in [4.69, 9.17) is 5.14 Å². The number of nitrogens with zero attached hydrogens (tertiary/aromatic N) is 5. The van der Waals surface area contributed by atoms with Crippen LogP contribution >= 0.6 is 0 Å². The summed E-state index contributed by atoms with van der Waals surface area (Å²) in [7, 11) is -4.21. The second kappa shape index (κ2) is 7.42. The van der Waals surface area contributed by atoms with Crippen molar-refractivity contribution in [1.82, 2.24) is 14.9 Å².